The summed E-state index contributed by atoms with van der Waals surface area (Å²) in [4.78, 5) is 11.7. The van der Waals surface area contributed by atoms with Crippen LogP contribution in [-0.4, -0.2) is 35.0 Å². The Hall–Kier alpha value is -1.85. The second-order valence-electron chi connectivity index (χ2n) is 8.89. The summed E-state index contributed by atoms with van der Waals surface area (Å²) in [7, 11) is 0. The number of hydrogen-bond acceptors (Lipinski definition) is 5. The summed E-state index contributed by atoms with van der Waals surface area (Å²) >= 11 is 0. The molecular formula is C25H38O5. The van der Waals surface area contributed by atoms with E-state index in [1.54, 1.807) is 0 Å². The SMILES string of the molecule is CCCCCc1cc(OC(C)=O)c2c(c1)OC(C)(C)C1CCC(C)=CC21.OCCO. The van der Waals surface area contributed by atoms with E-state index in [9.17, 15) is 4.79 Å². The number of aliphatic hydroxyl groups excluding tert-OH is 2. The van der Waals surface area contributed by atoms with Crippen LogP contribution >= 0.6 is 0 Å². The van der Waals surface area contributed by atoms with Gasteiger partial charge in [-0.1, -0.05) is 31.4 Å². The first-order valence-electron chi connectivity index (χ1n) is 11.2. The minimum Gasteiger partial charge on any atom is -0.487 e. The molecule has 2 atom stereocenters. The number of rotatable bonds is 6. The number of unbranched alkanes of at least 4 members (excludes halogenated alkanes) is 2. The second-order valence-corrected chi connectivity index (χ2v) is 8.89. The fraction of sp³-hybridized carbons (Fsp3) is 0.640. The van der Waals surface area contributed by atoms with Crippen molar-refractivity contribution in [1.29, 1.82) is 0 Å². The highest BCUT2D eigenvalue weighted by Gasteiger charge is 2.45. The van der Waals surface area contributed by atoms with Crippen LogP contribution in [0.2, 0.25) is 0 Å². The van der Waals surface area contributed by atoms with Gasteiger partial charge in [-0.25, -0.2) is 0 Å². The zero-order valence-corrected chi connectivity index (χ0v) is 19.2. The molecule has 3 rings (SSSR count). The Kier molecular flexibility index (Phi) is 8.92. The van der Waals surface area contributed by atoms with Gasteiger partial charge >= 0.3 is 5.97 Å². The van der Waals surface area contributed by atoms with E-state index in [4.69, 9.17) is 19.7 Å². The molecular weight excluding hydrogens is 380 g/mol. The number of carbonyl (C=O) groups excluding carboxylic acids is 1. The standard InChI is InChI=1S/C23H32O3.C2H6O2/c1-6-7-8-9-17-13-20(25-16(3)24)22-18-12-15(2)10-11-19(18)23(4,5)26-21(22)14-17;3-1-2-4/h12-14,18-19H,6-11H2,1-5H3;3-4H,1-2H2. The summed E-state index contributed by atoms with van der Waals surface area (Å²) in [5.74, 6) is 1.97. The number of fused-ring (bicyclic) bond motifs is 3. The molecule has 1 aromatic rings. The lowest BCUT2D eigenvalue weighted by Crippen LogP contribution is -2.45. The van der Waals surface area contributed by atoms with Crippen molar-refractivity contribution in [3.63, 3.8) is 0 Å². The summed E-state index contributed by atoms with van der Waals surface area (Å²) in [6.07, 6.45) is 9.11. The van der Waals surface area contributed by atoms with Gasteiger partial charge in [0.2, 0.25) is 0 Å². The normalized spacial score (nSPS) is 21.2. The van der Waals surface area contributed by atoms with E-state index in [0.717, 1.165) is 37.0 Å². The predicted octanol–water partition coefficient (Wildman–Crippen LogP) is 4.93. The molecule has 0 fully saturated rings. The van der Waals surface area contributed by atoms with E-state index in [2.05, 4.69) is 45.9 Å². The first-order chi connectivity index (χ1) is 14.2. The number of benzene rings is 1. The molecule has 1 aliphatic heterocycles. The van der Waals surface area contributed by atoms with Crippen LogP contribution < -0.4 is 9.47 Å². The van der Waals surface area contributed by atoms with Crippen molar-refractivity contribution in [2.45, 2.75) is 84.7 Å². The molecule has 0 aromatic heterocycles. The van der Waals surface area contributed by atoms with Crippen molar-refractivity contribution in [2.24, 2.45) is 5.92 Å². The number of aryl methyl sites for hydroxylation is 1. The van der Waals surface area contributed by atoms with Crippen molar-refractivity contribution in [3.05, 3.63) is 34.9 Å². The van der Waals surface area contributed by atoms with E-state index < -0.39 is 0 Å². The van der Waals surface area contributed by atoms with Crippen molar-refractivity contribution < 1.29 is 24.5 Å². The van der Waals surface area contributed by atoms with Gasteiger partial charge in [-0.05, 0) is 64.2 Å². The Morgan fingerprint density at radius 1 is 1.23 bits per heavy atom. The number of carbonyl (C=O) groups is 1. The van der Waals surface area contributed by atoms with Gasteiger partial charge < -0.3 is 19.7 Å². The van der Waals surface area contributed by atoms with E-state index >= 15 is 0 Å². The van der Waals surface area contributed by atoms with Crippen molar-refractivity contribution >= 4 is 5.97 Å². The van der Waals surface area contributed by atoms with E-state index in [1.807, 2.05) is 0 Å². The molecule has 0 spiro atoms. The Labute approximate surface area is 181 Å². The van der Waals surface area contributed by atoms with Crippen LogP contribution in [-0.2, 0) is 11.2 Å². The molecule has 2 unspecified atom stereocenters. The third kappa shape index (κ3) is 6.08. The average molecular weight is 419 g/mol. The lowest BCUT2D eigenvalue weighted by molar-refractivity contribution is -0.132. The van der Waals surface area contributed by atoms with Crippen LogP contribution in [0.15, 0.2) is 23.8 Å². The maximum absolute atomic E-state index is 11.7. The zero-order chi connectivity index (χ0) is 22.3. The van der Waals surface area contributed by atoms with Gasteiger partial charge in [0.05, 0.1) is 13.2 Å². The maximum atomic E-state index is 11.7. The largest absolute Gasteiger partial charge is 0.487 e. The van der Waals surface area contributed by atoms with Crippen molar-refractivity contribution in [3.8, 4) is 11.5 Å². The fourth-order valence-electron chi connectivity index (χ4n) is 4.52. The van der Waals surface area contributed by atoms with E-state index in [-0.39, 0.29) is 30.7 Å². The number of esters is 1. The monoisotopic (exact) mass is 418 g/mol. The van der Waals surface area contributed by atoms with E-state index in [0.29, 0.717) is 11.7 Å². The molecule has 1 aromatic carbocycles. The highest BCUT2D eigenvalue weighted by molar-refractivity contribution is 5.71. The van der Waals surface area contributed by atoms with Crippen LogP contribution in [0, 0.1) is 5.92 Å². The number of aliphatic hydroxyl groups is 2. The van der Waals surface area contributed by atoms with Crippen molar-refractivity contribution in [2.75, 3.05) is 13.2 Å². The quantitative estimate of drug-likeness (QED) is 0.297. The first-order valence-corrected chi connectivity index (χ1v) is 11.2. The number of hydrogen-bond donors (Lipinski definition) is 2. The minimum atomic E-state index is -0.268. The number of allylic oxidation sites excluding steroid dienone is 2. The van der Waals surface area contributed by atoms with Crippen LogP contribution in [0.25, 0.3) is 0 Å². The average Bonchev–Trinajstić information content (AvgIpc) is 2.67. The lowest BCUT2D eigenvalue weighted by Gasteiger charge is -2.46. The van der Waals surface area contributed by atoms with Gasteiger partial charge in [0, 0.05) is 24.3 Å². The Balaban J connectivity index is 0.000000735. The number of ether oxygens (including phenoxy) is 2. The fourth-order valence-corrected chi connectivity index (χ4v) is 4.52. The Bertz CT molecular complexity index is 748. The Morgan fingerprint density at radius 2 is 1.93 bits per heavy atom. The molecule has 0 amide bonds. The first kappa shape index (κ1) is 24.4. The van der Waals surface area contributed by atoms with Gasteiger partial charge in [-0.3, -0.25) is 4.79 Å². The molecule has 5 heteroatoms. The van der Waals surface area contributed by atoms with Gasteiger partial charge in [0.25, 0.3) is 0 Å². The molecule has 0 saturated carbocycles. The smallest absolute Gasteiger partial charge is 0.308 e. The molecule has 2 N–H and O–H groups in total. The van der Waals surface area contributed by atoms with Crippen molar-refractivity contribution in [1.82, 2.24) is 0 Å². The van der Waals surface area contributed by atoms with Gasteiger partial charge in [-0.2, -0.15) is 0 Å². The third-order valence-corrected chi connectivity index (χ3v) is 5.93. The summed E-state index contributed by atoms with van der Waals surface area (Å²) in [6.45, 7) is 10.0. The zero-order valence-electron chi connectivity index (χ0n) is 19.2. The Morgan fingerprint density at radius 3 is 2.53 bits per heavy atom. The van der Waals surface area contributed by atoms with Gasteiger partial charge in [-0.15, -0.1) is 0 Å². The molecule has 0 radical (unpaired) electrons. The van der Waals surface area contributed by atoms with Crippen LogP contribution in [0.4, 0.5) is 0 Å². The summed E-state index contributed by atoms with van der Waals surface area (Å²) in [6, 6.07) is 4.24. The van der Waals surface area contributed by atoms with E-state index in [1.165, 1.54) is 30.9 Å². The predicted molar refractivity (Wildman–Crippen MR) is 119 cm³/mol. The highest BCUT2D eigenvalue weighted by atomic mass is 16.5. The van der Waals surface area contributed by atoms with Crippen LogP contribution in [0.3, 0.4) is 0 Å². The summed E-state index contributed by atoms with van der Waals surface area (Å²) in [5, 5.41) is 15.2. The lowest BCUT2D eigenvalue weighted by atomic mass is 9.68. The molecule has 1 aliphatic carbocycles. The third-order valence-electron chi connectivity index (χ3n) is 5.93. The molecule has 30 heavy (non-hydrogen) atoms. The molecule has 168 valence electrons. The molecule has 5 nitrogen and oxygen atoms in total. The molecule has 1 heterocycles. The highest BCUT2D eigenvalue weighted by Crippen LogP contribution is 2.53. The maximum Gasteiger partial charge on any atom is 0.308 e. The van der Waals surface area contributed by atoms with Crippen LogP contribution in [0.5, 0.6) is 11.5 Å². The molecule has 0 bridgehead atoms. The summed E-state index contributed by atoms with van der Waals surface area (Å²) < 4.78 is 12.1. The summed E-state index contributed by atoms with van der Waals surface area (Å²) in [5.41, 5.74) is 3.45. The molecule has 0 saturated heterocycles. The molecule has 2 aliphatic rings. The van der Waals surface area contributed by atoms with Gasteiger partial charge in [0.1, 0.15) is 17.1 Å². The van der Waals surface area contributed by atoms with Gasteiger partial charge in [0.15, 0.2) is 0 Å². The second kappa shape index (κ2) is 11.0. The van der Waals surface area contributed by atoms with Crippen LogP contribution in [0.1, 0.15) is 83.8 Å². The minimum absolute atomic E-state index is 0.125. The topological polar surface area (TPSA) is 76.0 Å².